The van der Waals surface area contributed by atoms with Crippen molar-refractivity contribution in [1.29, 1.82) is 0 Å². The quantitative estimate of drug-likeness (QED) is 0.389. The number of aromatic hydroxyl groups is 1. The van der Waals surface area contributed by atoms with Crippen LogP contribution in [0.5, 0.6) is 5.75 Å². The van der Waals surface area contributed by atoms with Crippen molar-refractivity contribution in [2.75, 3.05) is 32.0 Å². The third-order valence-corrected chi connectivity index (χ3v) is 7.17. The number of amides is 1. The Morgan fingerprint density at radius 1 is 1.05 bits per heavy atom. The van der Waals surface area contributed by atoms with Crippen LogP contribution in [0, 0.1) is 11.8 Å². The van der Waals surface area contributed by atoms with Crippen molar-refractivity contribution in [3.05, 3.63) is 82.8 Å². The summed E-state index contributed by atoms with van der Waals surface area (Å²) < 4.78 is 32.0. The summed E-state index contributed by atoms with van der Waals surface area (Å²) in [4.78, 5) is 23.3. The largest absolute Gasteiger partial charge is 0.503 e. The Hall–Kier alpha value is -4.07. The van der Waals surface area contributed by atoms with Crippen LogP contribution in [-0.4, -0.2) is 64.1 Å². The summed E-state index contributed by atoms with van der Waals surface area (Å²) in [5, 5.41) is 13.1. The predicted octanol–water partition coefficient (Wildman–Crippen LogP) is 3.24. The number of aromatic nitrogens is 2. The number of anilines is 1. The number of nitrogen functional groups attached to an aromatic ring is 1. The first-order chi connectivity index (χ1) is 19.3. The number of hydrogen-bond donors (Lipinski definition) is 3. The number of morpholine rings is 1. The minimum absolute atomic E-state index is 0.0528. The maximum Gasteiger partial charge on any atom is 0.252 e. The van der Waals surface area contributed by atoms with Gasteiger partial charge in [0.2, 0.25) is 5.91 Å². The normalized spacial score (nSPS) is 17.8. The Morgan fingerprint density at radius 2 is 1.65 bits per heavy atom. The van der Waals surface area contributed by atoms with Crippen LogP contribution in [-0.2, 0) is 22.5 Å². The number of halogens is 2. The Kier molecular flexibility index (Phi) is 8.24. The lowest BCUT2D eigenvalue weighted by atomic mass is 9.86. The van der Waals surface area contributed by atoms with Crippen LogP contribution < -0.4 is 11.1 Å². The third kappa shape index (κ3) is 6.92. The van der Waals surface area contributed by atoms with E-state index in [4.69, 9.17) is 10.5 Å². The zero-order valence-corrected chi connectivity index (χ0v) is 21.9. The zero-order chi connectivity index (χ0) is 28.1. The highest BCUT2D eigenvalue weighted by molar-refractivity contribution is 5.85. The second-order valence-electron chi connectivity index (χ2n) is 10.3. The summed E-state index contributed by atoms with van der Waals surface area (Å²) in [6, 6.07) is 15.0. The van der Waals surface area contributed by atoms with Crippen LogP contribution in [0.25, 0.3) is 0 Å². The lowest BCUT2D eigenvalue weighted by molar-refractivity contribution is -0.130. The van der Waals surface area contributed by atoms with E-state index >= 15 is 0 Å². The fraction of sp³-hybridized carbons (Fsp3) is 0.367. The minimum atomic E-state index is -2.77. The lowest BCUT2D eigenvalue weighted by Gasteiger charge is -2.36. The average Bonchev–Trinajstić information content (AvgIpc) is 2.93. The van der Waals surface area contributed by atoms with Gasteiger partial charge in [0.25, 0.3) is 5.92 Å². The molecule has 2 aliphatic rings. The number of hydrogen-bond acceptors (Lipinski definition) is 7. The summed E-state index contributed by atoms with van der Waals surface area (Å²) in [7, 11) is 0. The van der Waals surface area contributed by atoms with Gasteiger partial charge in [-0.15, -0.1) is 0 Å². The summed E-state index contributed by atoms with van der Waals surface area (Å²) in [5.41, 5.74) is 9.50. The fourth-order valence-electron chi connectivity index (χ4n) is 4.86. The number of ether oxygens (including phenoxy) is 1. The van der Waals surface area contributed by atoms with E-state index in [1.54, 1.807) is 0 Å². The molecule has 1 atom stereocenters. The smallest absolute Gasteiger partial charge is 0.252 e. The number of rotatable bonds is 7. The van der Waals surface area contributed by atoms with Crippen molar-refractivity contribution in [1.82, 2.24) is 20.2 Å². The SMILES string of the molecule is Nc1ncnc(C(Cc2ccc(C#Cc3ccc(CN4CCOCC4)cc3)cc2)C(=O)NC2CC(F)(F)C2)c1O. The van der Waals surface area contributed by atoms with Crippen molar-refractivity contribution in [3.63, 3.8) is 0 Å². The highest BCUT2D eigenvalue weighted by Crippen LogP contribution is 2.38. The van der Waals surface area contributed by atoms with E-state index in [0.29, 0.717) is 0 Å². The minimum Gasteiger partial charge on any atom is -0.503 e. The Bertz CT molecular complexity index is 1390. The first-order valence-electron chi connectivity index (χ1n) is 13.2. The molecule has 0 bridgehead atoms. The van der Waals surface area contributed by atoms with Gasteiger partial charge >= 0.3 is 0 Å². The Balaban J connectivity index is 1.25. The molecular weight excluding hydrogens is 516 g/mol. The third-order valence-electron chi connectivity index (χ3n) is 7.17. The van der Waals surface area contributed by atoms with E-state index in [2.05, 4.69) is 44.2 Å². The molecule has 1 saturated heterocycles. The van der Waals surface area contributed by atoms with Gasteiger partial charge in [-0.2, -0.15) is 0 Å². The van der Waals surface area contributed by atoms with E-state index < -0.39 is 36.6 Å². The number of nitrogens with zero attached hydrogens (tertiary/aromatic N) is 3. The molecule has 10 heteroatoms. The number of benzene rings is 2. The molecule has 1 amide bonds. The van der Waals surface area contributed by atoms with Crippen molar-refractivity contribution in [3.8, 4) is 17.6 Å². The van der Waals surface area contributed by atoms with Crippen molar-refractivity contribution < 1.29 is 23.4 Å². The Morgan fingerprint density at radius 3 is 2.25 bits per heavy atom. The molecule has 2 heterocycles. The van der Waals surface area contributed by atoms with Gasteiger partial charge in [-0.1, -0.05) is 36.1 Å². The summed E-state index contributed by atoms with van der Waals surface area (Å²) in [6.45, 7) is 4.32. The van der Waals surface area contributed by atoms with Gasteiger partial charge in [0.1, 0.15) is 12.0 Å². The van der Waals surface area contributed by atoms with Crippen LogP contribution in [0.1, 0.15) is 46.7 Å². The van der Waals surface area contributed by atoms with Crippen LogP contribution in [0.2, 0.25) is 0 Å². The molecule has 2 aromatic carbocycles. The number of nitrogens with one attached hydrogen (secondary N) is 1. The van der Waals surface area contributed by atoms with Gasteiger partial charge in [0.15, 0.2) is 11.6 Å². The van der Waals surface area contributed by atoms with Crippen LogP contribution in [0.15, 0.2) is 54.9 Å². The van der Waals surface area contributed by atoms with Crippen LogP contribution in [0.4, 0.5) is 14.6 Å². The van der Waals surface area contributed by atoms with Gasteiger partial charge in [-0.25, -0.2) is 18.7 Å². The highest BCUT2D eigenvalue weighted by Gasteiger charge is 2.46. The van der Waals surface area contributed by atoms with Gasteiger partial charge < -0.3 is 20.9 Å². The summed E-state index contributed by atoms with van der Waals surface area (Å²) in [5.74, 6) is 1.58. The molecular formula is C30H31F2N5O3. The lowest BCUT2D eigenvalue weighted by Crippen LogP contribution is -2.51. The maximum absolute atomic E-state index is 13.3. The van der Waals surface area contributed by atoms with E-state index in [1.807, 2.05) is 36.4 Å². The van der Waals surface area contributed by atoms with Crippen molar-refractivity contribution in [2.24, 2.45) is 0 Å². The molecule has 8 nitrogen and oxygen atoms in total. The molecule has 5 rings (SSSR count). The Labute approximate surface area is 231 Å². The average molecular weight is 548 g/mol. The highest BCUT2D eigenvalue weighted by atomic mass is 19.3. The number of alkyl halides is 2. The summed E-state index contributed by atoms with van der Waals surface area (Å²) in [6.07, 6.45) is 0.522. The molecule has 40 heavy (non-hydrogen) atoms. The van der Waals surface area contributed by atoms with Gasteiger partial charge in [0, 0.05) is 49.6 Å². The van der Waals surface area contributed by atoms with Crippen LogP contribution >= 0.6 is 0 Å². The number of nitrogens with two attached hydrogens (primary N) is 1. The standard InChI is InChI=1S/C30H31F2N5O3/c31-30(32)16-24(17-30)36-29(39)25(26-27(38)28(33)35-19-34-26)15-22-7-3-20(4-8-22)1-2-21-5-9-23(10-6-21)18-37-11-13-40-14-12-37/h3-10,19,24-25,38H,11-18H2,(H,36,39)(H2,33,34,35). The van der Waals surface area contributed by atoms with E-state index in [1.165, 1.54) is 5.56 Å². The maximum atomic E-state index is 13.3. The van der Waals surface area contributed by atoms with E-state index in [9.17, 15) is 18.7 Å². The predicted molar refractivity (Wildman–Crippen MR) is 146 cm³/mol. The molecule has 3 aromatic rings. The van der Waals surface area contributed by atoms with Gasteiger partial charge in [-0.05, 0) is 41.8 Å². The van der Waals surface area contributed by atoms with E-state index in [0.717, 1.165) is 55.9 Å². The number of carbonyl (C=O) groups excluding carboxylic acids is 1. The number of carbonyl (C=O) groups is 1. The fourth-order valence-corrected chi connectivity index (χ4v) is 4.86. The van der Waals surface area contributed by atoms with Crippen LogP contribution in [0.3, 0.4) is 0 Å². The molecule has 1 aliphatic heterocycles. The molecule has 1 aliphatic carbocycles. The van der Waals surface area contributed by atoms with Gasteiger partial charge in [0.05, 0.1) is 19.1 Å². The first-order valence-corrected chi connectivity index (χ1v) is 13.2. The van der Waals surface area contributed by atoms with Crippen molar-refractivity contribution in [2.45, 2.75) is 43.7 Å². The molecule has 1 saturated carbocycles. The first kappa shape index (κ1) is 27.5. The molecule has 1 aromatic heterocycles. The summed E-state index contributed by atoms with van der Waals surface area (Å²) >= 11 is 0. The second kappa shape index (κ2) is 12.0. The van der Waals surface area contributed by atoms with Gasteiger partial charge in [-0.3, -0.25) is 9.69 Å². The second-order valence-corrected chi connectivity index (χ2v) is 10.3. The monoisotopic (exact) mass is 547 g/mol. The van der Waals surface area contributed by atoms with Crippen molar-refractivity contribution >= 4 is 11.7 Å². The zero-order valence-electron chi connectivity index (χ0n) is 21.9. The topological polar surface area (TPSA) is 114 Å². The molecule has 0 radical (unpaired) electrons. The molecule has 208 valence electrons. The molecule has 1 unspecified atom stereocenters. The molecule has 4 N–H and O–H groups in total. The molecule has 0 spiro atoms. The van der Waals surface area contributed by atoms with E-state index in [-0.39, 0.29) is 23.7 Å². The molecule has 2 fully saturated rings.